The molecule has 5 rings (SSSR count). The van der Waals surface area contributed by atoms with E-state index < -0.39 is 0 Å². The number of ether oxygens (including phenoxy) is 1. The topological polar surface area (TPSA) is 17.4 Å². The highest BCUT2D eigenvalue weighted by Crippen LogP contribution is 2.52. The predicted octanol–water partition coefficient (Wildman–Crippen LogP) is 4.20. The van der Waals surface area contributed by atoms with Gasteiger partial charge < -0.3 is 9.30 Å². The zero-order valence-corrected chi connectivity index (χ0v) is 14.0. The van der Waals surface area contributed by atoms with Crippen molar-refractivity contribution in [1.29, 1.82) is 0 Å². The third-order valence-electron chi connectivity index (χ3n) is 6.51. The van der Waals surface area contributed by atoms with Gasteiger partial charge in [0.2, 0.25) is 0 Å². The first-order valence-corrected chi connectivity index (χ1v) is 9.20. The molecule has 1 aliphatic carbocycles. The smallest absolute Gasteiger partial charge is 0.119 e. The SMILES string of the molecule is COc1ccc2c(ccn2CC2(N3C4CCCC3CC4)CC2)c1. The lowest BCUT2D eigenvalue weighted by Gasteiger charge is -2.41. The summed E-state index contributed by atoms with van der Waals surface area (Å²) >= 11 is 0. The molecule has 3 fully saturated rings. The van der Waals surface area contributed by atoms with Crippen molar-refractivity contribution in [1.82, 2.24) is 9.47 Å². The molecule has 2 bridgehead atoms. The van der Waals surface area contributed by atoms with Gasteiger partial charge in [0.05, 0.1) is 7.11 Å². The third-order valence-corrected chi connectivity index (χ3v) is 6.51. The molecule has 2 saturated heterocycles. The summed E-state index contributed by atoms with van der Waals surface area (Å²) in [4.78, 5) is 2.95. The summed E-state index contributed by atoms with van der Waals surface area (Å²) in [5.41, 5.74) is 1.81. The molecule has 122 valence electrons. The lowest BCUT2D eigenvalue weighted by Crippen LogP contribution is -2.50. The highest BCUT2D eigenvalue weighted by molar-refractivity contribution is 5.81. The predicted molar refractivity (Wildman–Crippen MR) is 93.0 cm³/mol. The molecule has 1 aromatic heterocycles. The van der Waals surface area contributed by atoms with E-state index >= 15 is 0 Å². The van der Waals surface area contributed by atoms with E-state index in [9.17, 15) is 0 Å². The Labute approximate surface area is 138 Å². The van der Waals surface area contributed by atoms with Gasteiger partial charge in [-0.05, 0) is 62.8 Å². The quantitative estimate of drug-likeness (QED) is 0.842. The van der Waals surface area contributed by atoms with Gasteiger partial charge in [0.25, 0.3) is 0 Å². The number of hydrogen-bond acceptors (Lipinski definition) is 2. The molecule has 0 radical (unpaired) electrons. The van der Waals surface area contributed by atoms with Crippen molar-refractivity contribution >= 4 is 10.9 Å². The van der Waals surface area contributed by atoms with Gasteiger partial charge in [0.15, 0.2) is 0 Å². The summed E-state index contributed by atoms with van der Waals surface area (Å²) in [5, 5.41) is 1.29. The molecular formula is C20H26N2O. The lowest BCUT2D eigenvalue weighted by molar-refractivity contribution is 0.0620. The number of piperidine rings is 1. The van der Waals surface area contributed by atoms with Crippen LogP contribution in [0.4, 0.5) is 0 Å². The van der Waals surface area contributed by atoms with Gasteiger partial charge in [0.1, 0.15) is 5.75 Å². The average molecular weight is 310 g/mol. The minimum Gasteiger partial charge on any atom is -0.497 e. The van der Waals surface area contributed by atoms with Crippen LogP contribution in [0.5, 0.6) is 5.75 Å². The van der Waals surface area contributed by atoms with Crippen LogP contribution in [-0.4, -0.2) is 34.2 Å². The fraction of sp³-hybridized carbons (Fsp3) is 0.600. The number of nitrogens with zero attached hydrogens (tertiary/aromatic N) is 2. The standard InChI is InChI=1S/C20H26N2O/c1-23-18-7-8-19-15(13-18)9-12-21(19)14-20(10-11-20)22-16-3-2-4-17(22)6-5-16/h7-9,12-13,16-17H,2-6,10-11,14H2,1H3. The van der Waals surface area contributed by atoms with Crippen molar-refractivity contribution in [3.05, 3.63) is 30.5 Å². The molecule has 3 heterocycles. The Morgan fingerprint density at radius 3 is 2.57 bits per heavy atom. The van der Waals surface area contributed by atoms with E-state index in [1.54, 1.807) is 7.11 Å². The second kappa shape index (κ2) is 5.01. The minimum absolute atomic E-state index is 0.456. The van der Waals surface area contributed by atoms with Crippen LogP contribution in [0.1, 0.15) is 44.9 Å². The van der Waals surface area contributed by atoms with Crippen LogP contribution in [0.2, 0.25) is 0 Å². The normalized spacial score (nSPS) is 29.1. The summed E-state index contributed by atoms with van der Waals surface area (Å²) in [7, 11) is 1.74. The van der Waals surface area contributed by atoms with Crippen molar-refractivity contribution in [2.75, 3.05) is 7.11 Å². The van der Waals surface area contributed by atoms with Crippen LogP contribution in [0, 0.1) is 0 Å². The Bertz CT molecular complexity index is 714. The molecule has 0 N–H and O–H groups in total. The van der Waals surface area contributed by atoms with Crippen molar-refractivity contribution < 1.29 is 4.74 Å². The Balaban J connectivity index is 1.45. The molecule has 2 aliphatic heterocycles. The van der Waals surface area contributed by atoms with Crippen molar-refractivity contribution in [3.8, 4) is 5.75 Å². The summed E-state index contributed by atoms with van der Waals surface area (Å²) in [5.74, 6) is 0.950. The number of aromatic nitrogens is 1. The molecule has 1 saturated carbocycles. The second-order valence-electron chi connectivity index (χ2n) is 7.82. The third kappa shape index (κ3) is 2.13. The van der Waals surface area contributed by atoms with Gasteiger partial charge in [-0.2, -0.15) is 0 Å². The maximum Gasteiger partial charge on any atom is 0.119 e. The number of hydrogen-bond donors (Lipinski definition) is 0. The Morgan fingerprint density at radius 1 is 1.09 bits per heavy atom. The van der Waals surface area contributed by atoms with Crippen LogP contribution < -0.4 is 4.74 Å². The Kier molecular flexibility index (Phi) is 3.03. The van der Waals surface area contributed by atoms with E-state index in [1.165, 1.54) is 55.8 Å². The lowest BCUT2D eigenvalue weighted by atomic mass is 9.99. The second-order valence-corrected chi connectivity index (χ2v) is 7.82. The van der Waals surface area contributed by atoms with Gasteiger partial charge >= 0.3 is 0 Å². The summed E-state index contributed by atoms with van der Waals surface area (Å²) in [6, 6.07) is 10.4. The molecule has 2 atom stereocenters. The van der Waals surface area contributed by atoms with Crippen molar-refractivity contribution in [2.24, 2.45) is 0 Å². The Morgan fingerprint density at radius 2 is 1.87 bits per heavy atom. The average Bonchev–Trinajstić information content (AvgIpc) is 3.18. The molecule has 0 amide bonds. The molecule has 2 aromatic rings. The number of methoxy groups -OCH3 is 1. The highest BCUT2D eigenvalue weighted by atomic mass is 16.5. The first-order valence-electron chi connectivity index (χ1n) is 9.20. The van der Waals surface area contributed by atoms with Gasteiger partial charge in [-0.1, -0.05) is 6.42 Å². The number of rotatable bonds is 4. The van der Waals surface area contributed by atoms with E-state index in [1.807, 2.05) is 0 Å². The van der Waals surface area contributed by atoms with Gasteiger partial charge in [-0.15, -0.1) is 0 Å². The largest absolute Gasteiger partial charge is 0.497 e. The maximum absolute atomic E-state index is 5.36. The molecule has 3 heteroatoms. The molecule has 3 aliphatic rings. The minimum atomic E-state index is 0.456. The van der Waals surface area contributed by atoms with Crippen LogP contribution in [0.25, 0.3) is 10.9 Å². The first-order chi connectivity index (χ1) is 11.3. The van der Waals surface area contributed by atoms with E-state index in [0.29, 0.717) is 5.54 Å². The van der Waals surface area contributed by atoms with Gasteiger partial charge in [-0.25, -0.2) is 0 Å². The fourth-order valence-electron chi connectivity index (χ4n) is 5.29. The van der Waals surface area contributed by atoms with Crippen molar-refractivity contribution in [2.45, 2.75) is 69.1 Å². The van der Waals surface area contributed by atoms with E-state index in [-0.39, 0.29) is 0 Å². The molecule has 3 nitrogen and oxygen atoms in total. The molecule has 23 heavy (non-hydrogen) atoms. The van der Waals surface area contributed by atoms with E-state index in [0.717, 1.165) is 24.4 Å². The van der Waals surface area contributed by atoms with Crippen LogP contribution >= 0.6 is 0 Å². The number of benzene rings is 1. The Hall–Kier alpha value is -1.48. The zero-order valence-electron chi connectivity index (χ0n) is 14.0. The summed E-state index contributed by atoms with van der Waals surface area (Å²) < 4.78 is 7.84. The number of fused-ring (bicyclic) bond motifs is 3. The van der Waals surface area contributed by atoms with Crippen LogP contribution in [0.3, 0.4) is 0 Å². The summed E-state index contributed by atoms with van der Waals surface area (Å²) in [6.07, 6.45) is 12.2. The molecule has 1 aromatic carbocycles. The van der Waals surface area contributed by atoms with E-state index in [4.69, 9.17) is 4.74 Å². The van der Waals surface area contributed by atoms with Gasteiger partial charge in [0, 0.05) is 41.3 Å². The molecule has 2 unspecified atom stereocenters. The van der Waals surface area contributed by atoms with Crippen molar-refractivity contribution in [3.63, 3.8) is 0 Å². The van der Waals surface area contributed by atoms with Crippen LogP contribution in [0.15, 0.2) is 30.5 Å². The van der Waals surface area contributed by atoms with E-state index in [2.05, 4.69) is 39.9 Å². The fourth-order valence-corrected chi connectivity index (χ4v) is 5.29. The molecular weight excluding hydrogens is 284 g/mol. The first kappa shape index (κ1) is 13.9. The zero-order chi connectivity index (χ0) is 15.4. The summed E-state index contributed by atoms with van der Waals surface area (Å²) in [6.45, 7) is 1.16. The highest BCUT2D eigenvalue weighted by Gasteiger charge is 2.55. The maximum atomic E-state index is 5.36. The van der Waals surface area contributed by atoms with Gasteiger partial charge in [-0.3, -0.25) is 4.90 Å². The molecule has 0 spiro atoms. The van der Waals surface area contributed by atoms with Crippen LogP contribution in [-0.2, 0) is 6.54 Å². The monoisotopic (exact) mass is 310 g/mol.